The first kappa shape index (κ1) is 12.6. The zero-order valence-electron chi connectivity index (χ0n) is 11.1. The summed E-state index contributed by atoms with van der Waals surface area (Å²) in [6, 6.07) is 4.03. The van der Waals surface area contributed by atoms with Gasteiger partial charge in [0.25, 0.3) is 0 Å². The van der Waals surface area contributed by atoms with Crippen molar-refractivity contribution in [2.75, 3.05) is 13.1 Å². The predicted molar refractivity (Wildman–Crippen MR) is 78.0 cm³/mol. The van der Waals surface area contributed by atoms with Crippen molar-refractivity contribution in [3.05, 3.63) is 22.4 Å². The second-order valence-corrected chi connectivity index (χ2v) is 6.55. The molecular formula is C15H24N2S. The highest BCUT2D eigenvalue weighted by Crippen LogP contribution is 2.29. The maximum Gasteiger partial charge on any atom is 0.0244 e. The van der Waals surface area contributed by atoms with Crippen LogP contribution in [0.3, 0.4) is 0 Å². The third-order valence-corrected chi connectivity index (χ3v) is 4.64. The van der Waals surface area contributed by atoms with E-state index in [4.69, 9.17) is 0 Å². The summed E-state index contributed by atoms with van der Waals surface area (Å²) < 4.78 is 0. The molecule has 0 spiro atoms. The Hall–Kier alpha value is -0.380. The van der Waals surface area contributed by atoms with Crippen LogP contribution in [0.2, 0.25) is 0 Å². The summed E-state index contributed by atoms with van der Waals surface area (Å²) in [4.78, 5) is 2.69. The largest absolute Gasteiger partial charge is 0.314 e. The topological polar surface area (TPSA) is 15.3 Å². The van der Waals surface area contributed by atoms with Crippen molar-refractivity contribution < 1.29 is 0 Å². The zero-order chi connectivity index (χ0) is 12.2. The molecule has 2 aliphatic rings. The third kappa shape index (κ3) is 4.08. The molecule has 1 N–H and O–H groups in total. The number of rotatable bonds is 9. The van der Waals surface area contributed by atoms with Crippen LogP contribution in [0.5, 0.6) is 0 Å². The molecule has 100 valence electrons. The Kier molecular flexibility index (Phi) is 4.34. The highest BCUT2D eigenvalue weighted by atomic mass is 32.1. The number of nitrogens with one attached hydrogen (secondary N) is 1. The Morgan fingerprint density at radius 2 is 2.11 bits per heavy atom. The van der Waals surface area contributed by atoms with Crippen molar-refractivity contribution in [2.45, 2.75) is 57.2 Å². The number of hydrogen-bond acceptors (Lipinski definition) is 3. The third-order valence-electron chi connectivity index (χ3n) is 3.91. The molecule has 2 aliphatic carbocycles. The second-order valence-electron chi connectivity index (χ2n) is 5.77. The summed E-state index contributed by atoms with van der Waals surface area (Å²) in [6.07, 6.45) is 8.34. The molecule has 0 unspecified atom stereocenters. The summed E-state index contributed by atoms with van der Waals surface area (Å²) in [7, 11) is 0. The van der Waals surface area contributed by atoms with E-state index in [-0.39, 0.29) is 0 Å². The average molecular weight is 264 g/mol. The standard InChI is InChI=1S/C15H24N2S/c1(8-16-14-3-4-14)2-9-17(15-5-6-15)11-13-7-10-18-12-13/h7,10,12,14-16H,1-6,8-9,11H2. The first-order valence-electron chi connectivity index (χ1n) is 7.40. The van der Waals surface area contributed by atoms with Crippen LogP contribution in [0, 0.1) is 0 Å². The molecule has 0 amide bonds. The van der Waals surface area contributed by atoms with E-state index in [1.807, 2.05) is 11.3 Å². The Bertz CT molecular complexity index is 341. The van der Waals surface area contributed by atoms with Crippen molar-refractivity contribution in [1.29, 1.82) is 0 Å². The quantitative estimate of drug-likeness (QED) is 0.689. The summed E-state index contributed by atoms with van der Waals surface area (Å²) in [5.41, 5.74) is 1.50. The van der Waals surface area contributed by atoms with Gasteiger partial charge in [-0.05, 0) is 74.0 Å². The SMILES string of the molecule is c1cc(CN(CCCCNC2CC2)C2CC2)cs1. The minimum atomic E-state index is 0.871. The van der Waals surface area contributed by atoms with Crippen LogP contribution in [0.15, 0.2) is 16.8 Å². The lowest BCUT2D eigenvalue weighted by molar-refractivity contribution is 0.249. The monoisotopic (exact) mass is 264 g/mol. The van der Waals surface area contributed by atoms with E-state index in [1.54, 1.807) is 0 Å². The van der Waals surface area contributed by atoms with E-state index in [2.05, 4.69) is 27.0 Å². The maximum absolute atomic E-state index is 3.60. The molecule has 0 aromatic carbocycles. The van der Waals surface area contributed by atoms with Crippen LogP contribution in [0.1, 0.15) is 44.1 Å². The molecule has 0 saturated heterocycles. The van der Waals surface area contributed by atoms with Gasteiger partial charge in [-0.1, -0.05) is 0 Å². The Morgan fingerprint density at radius 3 is 2.78 bits per heavy atom. The summed E-state index contributed by atoms with van der Waals surface area (Å²) in [6.45, 7) is 3.68. The fraction of sp³-hybridized carbons (Fsp3) is 0.733. The predicted octanol–water partition coefficient (Wildman–Crippen LogP) is 3.24. The lowest BCUT2D eigenvalue weighted by Crippen LogP contribution is -2.27. The lowest BCUT2D eigenvalue weighted by Gasteiger charge is -2.21. The molecule has 1 aromatic heterocycles. The molecule has 0 aliphatic heterocycles. The molecule has 1 aromatic rings. The number of unbranched alkanes of at least 4 members (excludes halogenated alkanes) is 1. The average Bonchev–Trinajstić information content (AvgIpc) is 3.29. The van der Waals surface area contributed by atoms with E-state index in [0.29, 0.717) is 0 Å². The number of nitrogens with zero attached hydrogens (tertiary/aromatic N) is 1. The second kappa shape index (κ2) is 6.18. The molecule has 2 nitrogen and oxygen atoms in total. The van der Waals surface area contributed by atoms with Gasteiger partial charge in [-0.3, -0.25) is 4.90 Å². The minimum Gasteiger partial charge on any atom is -0.314 e. The van der Waals surface area contributed by atoms with Gasteiger partial charge in [0.2, 0.25) is 0 Å². The number of hydrogen-bond donors (Lipinski definition) is 1. The van der Waals surface area contributed by atoms with E-state index < -0.39 is 0 Å². The van der Waals surface area contributed by atoms with Gasteiger partial charge in [-0.2, -0.15) is 11.3 Å². The Labute approximate surface area is 114 Å². The molecule has 1 heterocycles. The highest BCUT2D eigenvalue weighted by molar-refractivity contribution is 7.07. The molecule has 3 heteroatoms. The molecule has 2 fully saturated rings. The molecule has 2 saturated carbocycles. The maximum atomic E-state index is 3.60. The van der Waals surface area contributed by atoms with Crippen molar-refractivity contribution >= 4 is 11.3 Å². The Morgan fingerprint density at radius 1 is 1.22 bits per heavy atom. The van der Waals surface area contributed by atoms with Crippen LogP contribution >= 0.6 is 11.3 Å². The van der Waals surface area contributed by atoms with E-state index in [0.717, 1.165) is 12.1 Å². The van der Waals surface area contributed by atoms with Gasteiger partial charge in [0.1, 0.15) is 0 Å². The highest BCUT2D eigenvalue weighted by Gasteiger charge is 2.28. The van der Waals surface area contributed by atoms with Crippen LogP contribution in [-0.4, -0.2) is 30.1 Å². The normalized spacial score (nSPS) is 19.6. The molecule has 0 radical (unpaired) electrons. The van der Waals surface area contributed by atoms with Crippen LogP contribution in [0.25, 0.3) is 0 Å². The van der Waals surface area contributed by atoms with Gasteiger partial charge in [0.05, 0.1) is 0 Å². The fourth-order valence-corrected chi connectivity index (χ4v) is 3.14. The van der Waals surface area contributed by atoms with Gasteiger partial charge in [0, 0.05) is 18.6 Å². The van der Waals surface area contributed by atoms with Gasteiger partial charge >= 0.3 is 0 Å². The van der Waals surface area contributed by atoms with Gasteiger partial charge in [-0.15, -0.1) is 0 Å². The van der Waals surface area contributed by atoms with Gasteiger partial charge in [0.15, 0.2) is 0 Å². The smallest absolute Gasteiger partial charge is 0.0244 e. The molecule has 0 atom stereocenters. The van der Waals surface area contributed by atoms with Crippen LogP contribution in [0.4, 0.5) is 0 Å². The molecule has 18 heavy (non-hydrogen) atoms. The van der Waals surface area contributed by atoms with Gasteiger partial charge < -0.3 is 5.32 Å². The summed E-state index contributed by atoms with van der Waals surface area (Å²) in [5, 5.41) is 8.09. The lowest BCUT2D eigenvalue weighted by atomic mass is 10.2. The molecular weight excluding hydrogens is 240 g/mol. The van der Waals surface area contributed by atoms with Crippen molar-refractivity contribution in [3.8, 4) is 0 Å². The van der Waals surface area contributed by atoms with Crippen LogP contribution in [-0.2, 0) is 6.54 Å². The minimum absolute atomic E-state index is 0.871. The van der Waals surface area contributed by atoms with Crippen molar-refractivity contribution in [1.82, 2.24) is 10.2 Å². The van der Waals surface area contributed by atoms with Crippen molar-refractivity contribution in [3.63, 3.8) is 0 Å². The van der Waals surface area contributed by atoms with Gasteiger partial charge in [-0.25, -0.2) is 0 Å². The first-order chi connectivity index (χ1) is 8.92. The van der Waals surface area contributed by atoms with E-state index in [9.17, 15) is 0 Å². The van der Waals surface area contributed by atoms with E-state index in [1.165, 1.54) is 63.7 Å². The van der Waals surface area contributed by atoms with Crippen LogP contribution < -0.4 is 5.32 Å². The molecule has 3 rings (SSSR count). The summed E-state index contributed by atoms with van der Waals surface area (Å²) in [5.74, 6) is 0. The van der Waals surface area contributed by atoms with E-state index >= 15 is 0 Å². The number of thiophene rings is 1. The zero-order valence-corrected chi connectivity index (χ0v) is 11.9. The summed E-state index contributed by atoms with van der Waals surface area (Å²) >= 11 is 1.82. The van der Waals surface area contributed by atoms with Crippen molar-refractivity contribution in [2.24, 2.45) is 0 Å². The fourth-order valence-electron chi connectivity index (χ4n) is 2.48. The first-order valence-corrected chi connectivity index (χ1v) is 8.34. The molecule has 0 bridgehead atoms. The Balaban J connectivity index is 1.34.